The molecule has 0 bridgehead atoms. The van der Waals surface area contributed by atoms with E-state index in [9.17, 15) is 9.18 Å². The van der Waals surface area contributed by atoms with E-state index in [4.69, 9.17) is 16.3 Å². The van der Waals surface area contributed by atoms with Crippen LogP contribution in [0.4, 0.5) is 10.1 Å². The SMILES string of the molecule is COc1ccccc1NC(=O)c1c(-c2ccc(F)cc2)c2c3n(c(-c4ccc(Cl)cc4)cn13)CCCC2. The summed E-state index contributed by atoms with van der Waals surface area (Å²) in [5.74, 6) is 0.00568. The lowest BCUT2D eigenvalue weighted by molar-refractivity contribution is 0.102. The van der Waals surface area contributed by atoms with Crippen LogP contribution in [0.3, 0.4) is 0 Å². The van der Waals surface area contributed by atoms with E-state index in [1.54, 1.807) is 19.2 Å². The molecule has 1 amide bonds. The first-order valence-corrected chi connectivity index (χ1v) is 12.7. The number of hydrogen-bond acceptors (Lipinski definition) is 2. The first-order valence-electron chi connectivity index (χ1n) is 12.3. The van der Waals surface area contributed by atoms with Gasteiger partial charge in [-0.15, -0.1) is 0 Å². The number of methoxy groups -OCH3 is 1. The number of hydrogen-bond donors (Lipinski definition) is 1. The number of carbonyl (C=O) groups excluding carboxylic acids is 1. The molecule has 5 aromatic rings. The Hall–Kier alpha value is -4.03. The molecule has 0 fully saturated rings. The van der Waals surface area contributed by atoms with Crippen molar-refractivity contribution in [3.63, 3.8) is 0 Å². The van der Waals surface area contributed by atoms with E-state index in [0.29, 0.717) is 22.2 Å². The topological polar surface area (TPSA) is 47.7 Å². The fourth-order valence-corrected chi connectivity index (χ4v) is 5.44. The number of ether oxygens (including phenoxy) is 1. The van der Waals surface area contributed by atoms with E-state index in [2.05, 4.69) is 9.88 Å². The highest BCUT2D eigenvalue weighted by molar-refractivity contribution is 6.30. The smallest absolute Gasteiger partial charge is 0.273 e. The number of carbonyl (C=O) groups is 1. The summed E-state index contributed by atoms with van der Waals surface area (Å²) in [4.78, 5) is 14.0. The van der Waals surface area contributed by atoms with Gasteiger partial charge in [-0.05, 0) is 66.8 Å². The third-order valence-electron chi connectivity index (χ3n) is 6.98. The number of nitrogens with one attached hydrogen (secondary N) is 1. The van der Waals surface area contributed by atoms with Crippen LogP contribution >= 0.6 is 11.6 Å². The summed E-state index contributed by atoms with van der Waals surface area (Å²) in [6.45, 7) is 0.835. The number of amides is 1. The lowest BCUT2D eigenvalue weighted by atomic mass is 9.97. The van der Waals surface area contributed by atoms with Crippen molar-refractivity contribution in [3.8, 4) is 28.1 Å². The highest BCUT2D eigenvalue weighted by Crippen LogP contribution is 2.40. The van der Waals surface area contributed by atoms with Gasteiger partial charge in [-0.25, -0.2) is 4.39 Å². The summed E-state index contributed by atoms with van der Waals surface area (Å²) in [5.41, 5.74) is 6.88. The third kappa shape index (κ3) is 4.07. The molecule has 0 atom stereocenters. The van der Waals surface area contributed by atoms with E-state index < -0.39 is 0 Å². The van der Waals surface area contributed by atoms with Crippen LogP contribution in [0, 0.1) is 5.82 Å². The molecule has 0 saturated heterocycles. The number of halogens is 2. The van der Waals surface area contributed by atoms with Crippen molar-refractivity contribution in [2.45, 2.75) is 25.8 Å². The molecular weight excluding hydrogens is 489 g/mol. The number of rotatable bonds is 5. The molecule has 5 nitrogen and oxygen atoms in total. The van der Waals surface area contributed by atoms with Crippen molar-refractivity contribution in [2.24, 2.45) is 0 Å². The molecule has 0 saturated carbocycles. The maximum atomic E-state index is 14.0. The van der Waals surface area contributed by atoms with Crippen LogP contribution in [-0.4, -0.2) is 22.0 Å². The maximum absolute atomic E-state index is 14.0. The summed E-state index contributed by atoms with van der Waals surface area (Å²) in [6.07, 6.45) is 4.86. The fraction of sp³-hybridized carbons (Fsp3) is 0.167. The molecule has 0 aliphatic carbocycles. The van der Waals surface area contributed by atoms with Crippen LogP contribution < -0.4 is 10.1 Å². The Bertz CT molecular complexity index is 1620. The largest absolute Gasteiger partial charge is 0.495 e. The van der Waals surface area contributed by atoms with Gasteiger partial charge in [0.25, 0.3) is 5.91 Å². The van der Waals surface area contributed by atoms with Gasteiger partial charge in [-0.2, -0.15) is 0 Å². The minimum absolute atomic E-state index is 0.259. The first-order chi connectivity index (χ1) is 18.0. The Kier molecular flexibility index (Phi) is 5.97. The summed E-state index contributed by atoms with van der Waals surface area (Å²) < 4.78 is 23.6. The summed E-state index contributed by atoms with van der Waals surface area (Å²) in [5, 5.41) is 3.73. The number of anilines is 1. The Morgan fingerprint density at radius 3 is 2.46 bits per heavy atom. The van der Waals surface area contributed by atoms with Gasteiger partial charge >= 0.3 is 0 Å². The van der Waals surface area contributed by atoms with Gasteiger partial charge < -0.3 is 14.6 Å². The zero-order chi connectivity index (χ0) is 25.5. The van der Waals surface area contributed by atoms with Crippen molar-refractivity contribution in [3.05, 3.63) is 101 Å². The van der Waals surface area contributed by atoms with Gasteiger partial charge in [0.1, 0.15) is 22.9 Å². The van der Waals surface area contributed by atoms with Crippen molar-refractivity contribution >= 4 is 28.8 Å². The molecular formula is C30H25ClFN3O2. The molecule has 3 aromatic carbocycles. The van der Waals surface area contributed by atoms with Crippen LogP contribution in [-0.2, 0) is 13.0 Å². The fourth-order valence-electron chi connectivity index (χ4n) is 5.32. The van der Waals surface area contributed by atoms with E-state index in [1.165, 1.54) is 12.1 Å². The van der Waals surface area contributed by atoms with Crippen LogP contribution in [0.2, 0.25) is 5.02 Å². The Morgan fingerprint density at radius 1 is 0.973 bits per heavy atom. The number of nitrogens with zero attached hydrogens (tertiary/aromatic N) is 2. The molecule has 1 N–H and O–H groups in total. The van der Waals surface area contributed by atoms with Gasteiger partial charge in [-0.3, -0.25) is 9.20 Å². The normalized spacial score (nSPS) is 12.9. The second kappa shape index (κ2) is 9.45. The first kappa shape index (κ1) is 23.4. The molecule has 1 aliphatic rings. The maximum Gasteiger partial charge on any atom is 0.273 e. The minimum Gasteiger partial charge on any atom is -0.495 e. The number of imidazole rings is 1. The van der Waals surface area contributed by atoms with Gasteiger partial charge in [0.15, 0.2) is 0 Å². The predicted octanol–water partition coefficient (Wildman–Crippen LogP) is 7.46. The molecule has 186 valence electrons. The lowest BCUT2D eigenvalue weighted by Gasteiger charge is -2.12. The third-order valence-corrected chi connectivity index (χ3v) is 7.23. The van der Waals surface area contributed by atoms with E-state index in [1.807, 2.05) is 59.1 Å². The van der Waals surface area contributed by atoms with Crippen molar-refractivity contribution < 1.29 is 13.9 Å². The highest BCUT2D eigenvalue weighted by Gasteiger charge is 2.30. The molecule has 1 aliphatic heterocycles. The molecule has 3 heterocycles. The number of benzene rings is 3. The highest BCUT2D eigenvalue weighted by atomic mass is 35.5. The van der Waals surface area contributed by atoms with Crippen molar-refractivity contribution in [1.29, 1.82) is 0 Å². The molecule has 2 aromatic heterocycles. The number of aromatic nitrogens is 2. The van der Waals surface area contributed by atoms with E-state index >= 15 is 0 Å². The quantitative estimate of drug-likeness (QED) is 0.265. The zero-order valence-corrected chi connectivity index (χ0v) is 21.1. The van der Waals surface area contributed by atoms with Gasteiger partial charge in [0, 0.05) is 28.9 Å². The van der Waals surface area contributed by atoms with Gasteiger partial charge in [-0.1, -0.05) is 48.0 Å². The monoisotopic (exact) mass is 513 g/mol. The standard InChI is InChI=1S/C30H25ClFN3O2/c1-37-26-8-3-2-7-24(26)33-29(36)28-27(20-11-15-22(32)16-12-20)23-6-4-5-17-34-25(18-35(28)30(23)34)19-9-13-21(31)14-10-19/h2-3,7-16,18H,4-6,17H2,1H3,(H,33,36). The molecule has 0 radical (unpaired) electrons. The Balaban J connectivity index is 1.60. The Morgan fingerprint density at radius 2 is 1.70 bits per heavy atom. The molecule has 0 spiro atoms. The van der Waals surface area contributed by atoms with E-state index in [0.717, 1.165) is 59.4 Å². The number of para-hydroxylation sites is 2. The molecule has 7 heteroatoms. The summed E-state index contributed by atoms with van der Waals surface area (Å²) >= 11 is 6.16. The Labute approximate surface area is 219 Å². The summed E-state index contributed by atoms with van der Waals surface area (Å²) in [6, 6.07) is 21.5. The number of aryl methyl sites for hydroxylation is 2. The minimum atomic E-state index is -0.312. The van der Waals surface area contributed by atoms with Crippen molar-refractivity contribution in [2.75, 3.05) is 12.4 Å². The predicted molar refractivity (Wildman–Crippen MR) is 145 cm³/mol. The van der Waals surface area contributed by atoms with Gasteiger partial charge in [0.2, 0.25) is 0 Å². The second-order valence-corrected chi connectivity index (χ2v) is 9.62. The average Bonchev–Trinajstić information content (AvgIpc) is 3.33. The van der Waals surface area contributed by atoms with Crippen LogP contribution in [0.25, 0.3) is 28.0 Å². The lowest BCUT2D eigenvalue weighted by Crippen LogP contribution is -2.16. The molecule has 6 rings (SSSR count). The van der Waals surface area contributed by atoms with Crippen LogP contribution in [0.1, 0.15) is 28.9 Å². The average molecular weight is 514 g/mol. The molecule has 0 unspecified atom stereocenters. The van der Waals surface area contributed by atoms with E-state index in [-0.39, 0.29) is 11.7 Å². The van der Waals surface area contributed by atoms with Crippen molar-refractivity contribution in [1.82, 2.24) is 8.97 Å². The van der Waals surface area contributed by atoms with Crippen LogP contribution in [0.15, 0.2) is 79.0 Å². The summed E-state index contributed by atoms with van der Waals surface area (Å²) in [7, 11) is 1.58. The van der Waals surface area contributed by atoms with Crippen LogP contribution in [0.5, 0.6) is 5.75 Å². The van der Waals surface area contributed by atoms with Gasteiger partial charge in [0.05, 0.1) is 18.5 Å². The molecule has 37 heavy (non-hydrogen) atoms. The second-order valence-electron chi connectivity index (χ2n) is 9.19. The zero-order valence-electron chi connectivity index (χ0n) is 20.3.